The largest absolute Gasteiger partial charge is 0.466 e. The molecule has 0 heterocycles. The molecule has 0 radical (unpaired) electrons. The topological polar surface area (TPSA) is 26.3 Å². The summed E-state index contributed by atoms with van der Waals surface area (Å²) >= 11 is 9.26. The Morgan fingerprint density at radius 1 is 1.36 bits per heavy atom. The molecule has 0 aliphatic rings. The van der Waals surface area contributed by atoms with Crippen LogP contribution in [0.4, 0.5) is 13.2 Å². The van der Waals surface area contributed by atoms with Crippen LogP contribution < -0.4 is 0 Å². The predicted molar refractivity (Wildman–Crippen MR) is 46.4 cm³/mol. The first kappa shape index (κ1) is 13.8. The molecule has 1 unspecified atom stereocenters. The molecular weight excluding hydrogens is 244 g/mol. The average molecular weight is 253 g/mol. The summed E-state index contributed by atoms with van der Waals surface area (Å²) in [6, 6.07) is 0. The maximum atomic E-state index is 12.9. The van der Waals surface area contributed by atoms with Crippen molar-refractivity contribution in [3.63, 3.8) is 0 Å². The van der Waals surface area contributed by atoms with Gasteiger partial charge in [0.15, 0.2) is 0 Å². The van der Waals surface area contributed by atoms with Crippen molar-refractivity contribution in [2.75, 3.05) is 6.61 Å². The lowest BCUT2D eigenvalue weighted by Gasteiger charge is -2.22. The molecule has 0 rings (SSSR count). The molecule has 0 aromatic rings. The summed E-state index contributed by atoms with van der Waals surface area (Å²) in [6.45, 7) is 0.986. The number of esters is 1. The Bertz CT molecular complexity index is 204. The molecule has 0 spiro atoms. The molecule has 0 N–H and O–H groups in total. The van der Waals surface area contributed by atoms with Gasteiger partial charge in [0.2, 0.25) is 0 Å². The van der Waals surface area contributed by atoms with E-state index in [1.54, 1.807) is 0 Å². The Kier molecular flexibility index (Phi) is 5.01. The van der Waals surface area contributed by atoms with Crippen LogP contribution in [0.3, 0.4) is 0 Å². The predicted octanol–water partition coefficient (Wildman–Crippen LogP) is 3.07. The van der Waals surface area contributed by atoms with Crippen molar-refractivity contribution in [1.82, 2.24) is 0 Å². The van der Waals surface area contributed by atoms with Crippen molar-refractivity contribution in [2.45, 2.75) is 30.3 Å². The van der Waals surface area contributed by atoms with Gasteiger partial charge in [-0.15, -0.1) is 0 Å². The number of hydrogen-bond donors (Lipinski definition) is 0. The van der Waals surface area contributed by atoms with E-state index in [4.69, 9.17) is 11.6 Å². The lowest BCUT2D eigenvalue weighted by Crippen LogP contribution is -2.34. The normalized spacial score (nSPS) is 16.1. The van der Waals surface area contributed by atoms with E-state index in [-0.39, 0.29) is 13.0 Å². The fourth-order valence-corrected chi connectivity index (χ4v) is 0.880. The summed E-state index contributed by atoms with van der Waals surface area (Å²) in [6.07, 6.45) is -0.819. The maximum Gasteiger partial charge on any atom is 0.368 e. The Labute approximate surface area is 89.3 Å². The highest BCUT2D eigenvalue weighted by molar-refractivity contribution is 6.32. The van der Waals surface area contributed by atoms with Crippen LogP contribution >= 0.6 is 23.2 Å². The van der Waals surface area contributed by atoms with E-state index in [1.807, 2.05) is 0 Å². The van der Waals surface area contributed by atoms with Crippen molar-refractivity contribution < 1.29 is 22.7 Å². The van der Waals surface area contributed by atoms with Gasteiger partial charge < -0.3 is 4.74 Å². The van der Waals surface area contributed by atoms with Crippen molar-refractivity contribution in [1.29, 1.82) is 0 Å². The Hall–Kier alpha value is -0.160. The van der Waals surface area contributed by atoms with Crippen LogP contribution in [-0.4, -0.2) is 23.1 Å². The van der Waals surface area contributed by atoms with Crippen LogP contribution in [0, 0.1) is 0 Å². The van der Waals surface area contributed by atoms with Gasteiger partial charge in [0.25, 0.3) is 5.13 Å². The molecule has 0 aromatic carbocycles. The highest BCUT2D eigenvalue weighted by Gasteiger charge is 2.51. The van der Waals surface area contributed by atoms with E-state index in [9.17, 15) is 18.0 Å². The molecule has 7 heteroatoms. The molecule has 0 saturated carbocycles. The zero-order valence-corrected chi connectivity index (χ0v) is 8.84. The van der Waals surface area contributed by atoms with Crippen molar-refractivity contribution in [3.05, 3.63) is 0 Å². The molecular formula is C7H9Cl2F3O2. The monoisotopic (exact) mass is 252 g/mol. The maximum absolute atomic E-state index is 12.9. The van der Waals surface area contributed by atoms with Crippen LogP contribution in [0.5, 0.6) is 0 Å². The summed E-state index contributed by atoms with van der Waals surface area (Å²) in [5.41, 5.74) is 0. The molecule has 1 atom stereocenters. The Morgan fingerprint density at radius 3 is 2.21 bits per heavy atom. The van der Waals surface area contributed by atoms with Gasteiger partial charge in [-0.1, -0.05) is 11.6 Å². The highest BCUT2D eigenvalue weighted by atomic mass is 35.5. The summed E-state index contributed by atoms with van der Waals surface area (Å²) < 4.78 is 41.7. The van der Waals surface area contributed by atoms with Gasteiger partial charge in [-0.05, 0) is 18.0 Å². The fraction of sp³-hybridized carbons (Fsp3) is 0.857. The molecule has 0 aliphatic heterocycles. The molecule has 84 valence electrons. The van der Waals surface area contributed by atoms with Crippen LogP contribution in [0.25, 0.3) is 0 Å². The second-order valence-corrected chi connectivity index (χ2v) is 3.72. The molecule has 2 nitrogen and oxygen atoms in total. The minimum Gasteiger partial charge on any atom is -0.466 e. The molecule has 0 amide bonds. The number of hydrogen-bond acceptors (Lipinski definition) is 2. The summed E-state index contributed by atoms with van der Waals surface area (Å²) in [5, 5.41) is -7.44. The first-order valence-electron chi connectivity index (χ1n) is 3.75. The third-order valence-electron chi connectivity index (χ3n) is 1.36. The molecule has 0 aromatic heterocycles. The van der Waals surface area contributed by atoms with Crippen molar-refractivity contribution >= 4 is 29.2 Å². The minimum atomic E-state index is -4.13. The van der Waals surface area contributed by atoms with E-state index in [0.717, 1.165) is 6.92 Å². The summed E-state index contributed by atoms with van der Waals surface area (Å²) in [5.74, 6) is -0.568. The van der Waals surface area contributed by atoms with Gasteiger partial charge in [0, 0.05) is 13.3 Å². The van der Waals surface area contributed by atoms with Crippen LogP contribution in [0.1, 0.15) is 19.8 Å². The lowest BCUT2D eigenvalue weighted by atomic mass is 10.2. The second-order valence-electron chi connectivity index (χ2n) is 2.65. The number of halogens is 5. The van der Waals surface area contributed by atoms with Gasteiger partial charge in [-0.2, -0.15) is 8.78 Å². The second kappa shape index (κ2) is 5.07. The quantitative estimate of drug-likeness (QED) is 0.427. The van der Waals surface area contributed by atoms with Gasteiger partial charge in [0.1, 0.15) is 0 Å². The highest BCUT2D eigenvalue weighted by Crippen LogP contribution is 2.42. The van der Waals surface area contributed by atoms with Crippen molar-refractivity contribution in [2.24, 2.45) is 0 Å². The van der Waals surface area contributed by atoms with E-state index in [2.05, 4.69) is 16.3 Å². The molecule has 0 aliphatic carbocycles. The lowest BCUT2D eigenvalue weighted by molar-refractivity contribution is -0.141. The molecule has 0 saturated heterocycles. The number of alkyl halides is 5. The van der Waals surface area contributed by atoms with Gasteiger partial charge in [-0.25, -0.2) is 4.39 Å². The Morgan fingerprint density at radius 2 is 1.86 bits per heavy atom. The third kappa shape index (κ3) is 4.91. The van der Waals surface area contributed by atoms with Crippen LogP contribution in [0.15, 0.2) is 0 Å². The van der Waals surface area contributed by atoms with E-state index < -0.39 is 22.9 Å². The number of carbonyl (C=O) groups excluding carboxylic acids is 1. The zero-order valence-electron chi connectivity index (χ0n) is 7.33. The number of carbonyl (C=O) groups is 1. The third-order valence-corrected chi connectivity index (χ3v) is 2.18. The minimum absolute atomic E-state index is 0.123. The van der Waals surface area contributed by atoms with Crippen molar-refractivity contribution in [3.8, 4) is 0 Å². The van der Waals surface area contributed by atoms with Gasteiger partial charge in [-0.3, -0.25) is 4.79 Å². The standard InChI is InChI=1S/C7H9Cl2F3O2/c1-5(13)14-4-2-3-6(8,10)7(9,11)12/h2-4H2,1H3. The fourth-order valence-electron chi connectivity index (χ4n) is 0.652. The molecule has 14 heavy (non-hydrogen) atoms. The van der Waals surface area contributed by atoms with E-state index in [0.29, 0.717) is 0 Å². The first-order valence-corrected chi connectivity index (χ1v) is 4.50. The first-order chi connectivity index (χ1) is 6.17. The SMILES string of the molecule is CC(=O)OCCCC(F)(Cl)C(F)(F)Cl. The molecule has 0 bridgehead atoms. The number of rotatable bonds is 5. The summed E-state index contributed by atoms with van der Waals surface area (Å²) in [4.78, 5) is 10.2. The number of ether oxygens (including phenoxy) is 1. The van der Waals surface area contributed by atoms with Gasteiger partial charge >= 0.3 is 11.4 Å². The smallest absolute Gasteiger partial charge is 0.368 e. The van der Waals surface area contributed by atoms with Gasteiger partial charge in [0.05, 0.1) is 6.61 Å². The molecule has 0 fully saturated rings. The zero-order chi connectivity index (χ0) is 11.4. The Balaban J connectivity index is 3.83. The van der Waals surface area contributed by atoms with Crippen LogP contribution in [0.2, 0.25) is 0 Å². The summed E-state index contributed by atoms with van der Waals surface area (Å²) in [7, 11) is 0. The average Bonchev–Trinajstić information content (AvgIpc) is 1.95. The van der Waals surface area contributed by atoms with E-state index in [1.165, 1.54) is 0 Å². The van der Waals surface area contributed by atoms with E-state index >= 15 is 0 Å². The van der Waals surface area contributed by atoms with Crippen LogP contribution in [-0.2, 0) is 9.53 Å².